The van der Waals surface area contributed by atoms with Gasteiger partial charge < -0.3 is 9.84 Å². The second-order valence-corrected chi connectivity index (χ2v) is 3.03. The summed E-state index contributed by atoms with van der Waals surface area (Å²) in [5.74, 6) is 1.74. The van der Waals surface area contributed by atoms with Crippen LogP contribution in [0.15, 0.2) is 54.0 Å². The van der Waals surface area contributed by atoms with E-state index in [1.807, 2.05) is 36.4 Å². The fourth-order valence-corrected chi connectivity index (χ4v) is 1.26. The molecule has 0 saturated heterocycles. The molecule has 0 fully saturated rings. The average molecular weight is 187 g/mol. The van der Waals surface area contributed by atoms with Crippen LogP contribution in [-0.4, -0.2) is 5.11 Å². The highest BCUT2D eigenvalue weighted by atomic mass is 16.5. The second kappa shape index (κ2) is 4.01. The van der Waals surface area contributed by atoms with Gasteiger partial charge in [-0.3, -0.25) is 0 Å². The molecule has 1 radical (unpaired) electrons. The van der Waals surface area contributed by atoms with Crippen molar-refractivity contribution in [2.24, 2.45) is 0 Å². The van der Waals surface area contributed by atoms with Crippen LogP contribution in [0, 0.1) is 6.42 Å². The summed E-state index contributed by atoms with van der Waals surface area (Å²) in [4.78, 5) is 0. The molecule has 0 aromatic heterocycles. The van der Waals surface area contributed by atoms with Gasteiger partial charge in [0.15, 0.2) is 0 Å². The zero-order valence-corrected chi connectivity index (χ0v) is 7.68. The van der Waals surface area contributed by atoms with Crippen LogP contribution in [-0.2, 0) is 0 Å². The first-order chi connectivity index (χ1) is 6.84. The summed E-state index contributed by atoms with van der Waals surface area (Å²) in [6.07, 6.45) is 5.98. The van der Waals surface area contributed by atoms with Gasteiger partial charge >= 0.3 is 0 Å². The van der Waals surface area contributed by atoms with Crippen molar-refractivity contribution in [3.63, 3.8) is 0 Å². The Bertz CT molecular complexity index is 363. The molecule has 0 bridgehead atoms. The molecule has 0 atom stereocenters. The highest BCUT2D eigenvalue weighted by Crippen LogP contribution is 2.19. The number of ether oxygens (including phenoxy) is 1. The largest absolute Gasteiger partial charge is 0.512 e. The minimum absolute atomic E-state index is 0.262. The molecule has 0 heterocycles. The van der Waals surface area contributed by atoms with E-state index < -0.39 is 0 Å². The van der Waals surface area contributed by atoms with E-state index in [2.05, 4.69) is 0 Å². The average Bonchev–Trinajstić information content (AvgIpc) is 2.19. The molecule has 1 aliphatic carbocycles. The number of hydrogen-bond acceptors (Lipinski definition) is 2. The smallest absolute Gasteiger partial charge is 0.127 e. The lowest BCUT2D eigenvalue weighted by Crippen LogP contribution is -1.98. The molecule has 1 aromatic rings. The Morgan fingerprint density at radius 3 is 2.64 bits per heavy atom. The van der Waals surface area contributed by atoms with Gasteiger partial charge in [-0.05, 0) is 24.6 Å². The third-order valence-corrected chi connectivity index (χ3v) is 1.92. The highest BCUT2D eigenvalue weighted by molar-refractivity contribution is 5.31. The number of allylic oxidation sites excluding steroid dienone is 3. The quantitative estimate of drug-likeness (QED) is 0.771. The lowest BCUT2D eigenvalue weighted by atomic mass is 10.1. The van der Waals surface area contributed by atoms with Crippen LogP contribution < -0.4 is 4.74 Å². The Balaban J connectivity index is 2.09. The van der Waals surface area contributed by atoms with Crippen molar-refractivity contribution < 1.29 is 9.84 Å². The fraction of sp³-hybridized carbons (Fsp3) is 0.0833. The maximum atomic E-state index is 9.24. The lowest BCUT2D eigenvalue weighted by molar-refractivity contribution is 0.394. The molecule has 1 N–H and O–H groups in total. The van der Waals surface area contributed by atoms with Crippen molar-refractivity contribution >= 4 is 0 Å². The summed E-state index contributed by atoms with van der Waals surface area (Å²) in [6, 6.07) is 9.51. The van der Waals surface area contributed by atoms with Gasteiger partial charge in [0.2, 0.25) is 0 Å². The number of hydrogen-bond donors (Lipinski definition) is 1. The molecule has 0 aliphatic heterocycles. The van der Waals surface area contributed by atoms with Gasteiger partial charge in [0.25, 0.3) is 0 Å². The highest BCUT2D eigenvalue weighted by Gasteiger charge is 2.05. The van der Waals surface area contributed by atoms with Crippen molar-refractivity contribution in [1.82, 2.24) is 0 Å². The molecular weight excluding hydrogens is 176 g/mol. The van der Waals surface area contributed by atoms with E-state index in [0.29, 0.717) is 12.2 Å². The van der Waals surface area contributed by atoms with Crippen molar-refractivity contribution in [3.05, 3.63) is 60.4 Å². The Hall–Kier alpha value is -1.70. The van der Waals surface area contributed by atoms with Crippen LogP contribution in [0.25, 0.3) is 0 Å². The Morgan fingerprint density at radius 1 is 1.14 bits per heavy atom. The first-order valence-electron chi connectivity index (χ1n) is 4.51. The van der Waals surface area contributed by atoms with E-state index in [1.165, 1.54) is 0 Å². The molecule has 0 amide bonds. The molecule has 1 aromatic carbocycles. The molecule has 71 valence electrons. The van der Waals surface area contributed by atoms with Gasteiger partial charge in [0, 0.05) is 12.5 Å². The molecule has 2 heteroatoms. The Labute approximate surface area is 83.1 Å². The number of aliphatic hydroxyl groups is 1. The molecule has 1 aliphatic rings. The lowest BCUT2D eigenvalue weighted by Gasteiger charge is -2.10. The topological polar surface area (TPSA) is 29.5 Å². The molecule has 0 spiro atoms. The predicted octanol–water partition coefficient (Wildman–Crippen LogP) is 3.00. The summed E-state index contributed by atoms with van der Waals surface area (Å²) < 4.78 is 5.53. The third-order valence-electron chi connectivity index (χ3n) is 1.92. The van der Waals surface area contributed by atoms with Gasteiger partial charge in [-0.2, -0.15) is 0 Å². The Kier molecular flexibility index (Phi) is 2.54. The molecule has 2 nitrogen and oxygen atoms in total. The van der Waals surface area contributed by atoms with Crippen LogP contribution in [0.2, 0.25) is 0 Å². The summed E-state index contributed by atoms with van der Waals surface area (Å²) in [7, 11) is 0. The van der Waals surface area contributed by atoms with Crippen LogP contribution in [0.4, 0.5) is 0 Å². The van der Waals surface area contributed by atoms with Gasteiger partial charge in [0.1, 0.15) is 17.3 Å². The summed E-state index contributed by atoms with van der Waals surface area (Å²) in [5, 5.41) is 9.24. The SMILES string of the molecule is OC1=CC(Oc2ccccc2)=CC[CH]1. The molecule has 14 heavy (non-hydrogen) atoms. The van der Waals surface area contributed by atoms with Crippen LogP contribution in [0.5, 0.6) is 5.75 Å². The van der Waals surface area contributed by atoms with Gasteiger partial charge in [-0.25, -0.2) is 0 Å². The predicted molar refractivity (Wildman–Crippen MR) is 54.8 cm³/mol. The first kappa shape index (κ1) is 8.88. The van der Waals surface area contributed by atoms with E-state index in [4.69, 9.17) is 4.74 Å². The van der Waals surface area contributed by atoms with Crippen LogP contribution >= 0.6 is 0 Å². The van der Waals surface area contributed by atoms with Gasteiger partial charge in [-0.1, -0.05) is 18.2 Å². The standard InChI is InChI=1S/C12H11O2/c13-10-5-4-8-12(9-10)14-11-6-2-1-3-7-11/h1-3,5-9,13H,4H2. The maximum absolute atomic E-state index is 9.24. The van der Waals surface area contributed by atoms with Gasteiger partial charge in [0.05, 0.1) is 0 Å². The number of aliphatic hydroxyl groups excluding tert-OH is 1. The van der Waals surface area contributed by atoms with Crippen molar-refractivity contribution in [2.45, 2.75) is 6.42 Å². The third kappa shape index (κ3) is 2.16. The minimum atomic E-state index is 0.262. The molecule has 0 unspecified atom stereocenters. The second-order valence-electron chi connectivity index (χ2n) is 3.03. The van der Waals surface area contributed by atoms with Gasteiger partial charge in [-0.15, -0.1) is 0 Å². The monoisotopic (exact) mass is 187 g/mol. The Morgan fingerprint density at radius 2 is 1.93 bits per heavy atom. The summed E-state index contributed by atoms with van der Waals surface area (Å²) in [6.45, 7) is 0. The van der Waals surface area contributed by atoms with E-state index >= 15 is 0 Å². The number of para-hydroxylation sites is 1. The van der Waals surface area contributed by atoms with Crippen LogP contribution in [0.3, 0.4) is 0 Å². The molecule has 0 saturated carbocycles. The zero-order valence-electron chi connectivity index (χ0n) is 7.68. The minimum Gasteiger partial charge on any atom is -0.512 e. The van der Waals surface area contributed by atoms with Crippen molar-refractivity contribution in [2.75, 3.05) is 0 Å². The number of benzene rings is 1. The van der Waals surface area contributed by atoms with Crippen LogP contribution in [0.1, 0.15) is 6.42 Å². The van der Waals surface area contributed by atoms with Crippen molar-refractivity contribution in [1.29, 1.82) is 0 Å². The normalized spacial score (nSPS) is 15.7. The number of rotatable bonds is 2. The molecular formula is C12H11O2. The summed E-state index contributed by atoms with van der Waals surface area (Å²) >= 11 is 0. The van der Waals surface area contributed by atoms with E-state index in [1.54, 1.807) is 12.5 Å². The van der Waals surface area contributed by atoms with E-state index in [9.17, 15) is 5.11 Å². The van der Waals surface area contributed by atoms with Crippen molar-refractivity contribution in [3.8, 4) is 5.75 Å². The maximum Gasteiger partial charge on any atom is 0.127 e. The summed E-state index contributed by atoms with van der Waals surface area (Å²) in [5.41, 5.74) is 0. The molecule has 2 rings (SSSR count). The first-order valence-corrected chi connectivity index (χ1v) is 4.51. The van der Waals surface area contributed by atoms with E-state index in [0.717, 1.165) is 5.75 Å². The van der Waals surface area contributed by atoms with E-state index in [-0.39, 0.29) is 5.76 Å². The fourth-order valence-electron chi connectivity index (χ4n) is 1.26. The zero-order chi connectivity index (χ0) is 9.80.